The van der Waals surface area contributed by atoms with E-state index in [-0.39, 0.29) is 0 Å². The molecule has 0 fully saturated rings. The van der Waals surface area contributed by atoms with E-state index >= 15 is 0 Å². The summed E-state index contributed by atoms with van der Waals surface area (Å²) in [6, 6.07) is 6.95. The third-order valence-electron chi connectivity index (χ3n) is 3.83. The van der Waals surface area contributed by atoms with Gasteiger partial charge in [-0.15, -0.1) is 0 Å². The van der Waals surface area contributed by atoms with Gasteiger partial charge < -0.3 is 14.4 Å². The summed E-state index contributed by atoms with van der Waals surface area (Å²) in [7, 11) is -0.869. The predicted octanol–water partition coefficient (Wildman–Crippen LogP) is 3.52. The van der Waals surface area contributed by atoms with Crippen LogP contribution in [0.25, 0.3) is 4.85 Å². The molecule has 22 heavy (non-hydrogen) atoms. The molecule has 0 spiro atoms. The van der Waals surface area contributed by atoms with Crippen LogP contribution >= 0.6 is 11.6 Å². The highest BCUT2D eigenvalue weighted by atomic mass is 35.5. The van der Waals surface area contributed by atoms with Crippen LogP contribution in [0.15, 0.2) is 24.3 Å². The first-order valence-corrected chi connectivity index (χ1v) is 7.16. The molecule has 1 aliphatic heterocycles. The number of ether oxygens (including phenoxy) is 1. The molecule has 2 aromatic rings. The normalized spacial score (nSPS) is 13.0. The number of fused-ring (bicyclic) bond motifs is 1. The number of hydrogen-bond acceptors (Lipinski definition) is 3. The smallest absolute Gasteiger partial charge is 0.456 e. The monoisotopic (exact) mass is 313 g/mol. The minimum absolute atomic E-state index is 0.364. The average molecular weight is 314 g/mol. The van der Waals surface area contributed by atoms with E-state index in [1.165, 1.54) is 0 Å². The number of nitrogens with zero attached hydrogens (tertiary/aromatic N) is 1. The standard InChI is InChI=1S/C16H13BClNO3/c1-9-6-16(13(18)7-14(9)19-3)22-15-5-4-12-11(10(15)2)8-21-17(12)20/h4-7,20H,8H2,1-2H3. The molecule has 0 amide bonds. The average Bonchev–Trinajstić information content (AvgIpc) is 2.87. The zero-order chi connectivity index (χ0) is 15.9. The van der Waals surface area contributed by atoms with Crippen LogP contribution in [-0.4, -0.2) is 12.1 Å². The lowest BCUT2D eigenvalue weighted by atomic mass is 9.78. The van der Waals surface area contributed by atoms with Crippen molar-refractivity contribution in [2.24, 2.45) is 0 Å². The van der Waals surface area contributed by atoms with Gasteiger partial charge in [-0.25, -0.2) is 4.85 Å². The highest BCUT2D eigenvalue weighted by molar-refractivity contribution is 6.61. The van der Waals surface area contributed by atoms with Crippen molar-refractivity contribution < 1.29 is 14.4 Å². The lowest BCUT2D eigenvalue weighted by molar-refractivity contribution is 0.274. The number of aryl methyl sites for hydroxylation is 1. The van der Waals surface area contributed by atoms with Crippen LogP contribution in [0.1, 0.15) is 16.7 Å². The molecular weight excluding hydrogens is 300 g/mol. The second-order valence-corrected chi connectivity index (χ2v) is 5.61. The third-order valence-corrected chi connectivity index (χ3v) is 4.12. The molecule has 0 aromatic heterocycles. The topological polar surface area (TPSA) is 43.0 Å². The van der Waals surface area contributed by atoms with E-state index in [0.717, 1.165) is 22.2 Å². The first-order chi connectivity index (χ1) is 10.5. The van der Waals surface area contributed by atoms with Crippen molar-refractivity contribution >= 4 is 29.9 Å². The van der Waals surface area contributed by atoms with Crippen LogP contribution in [0, 0.1) is 20.4 Å². The molecule has 0 unspecified atom stereocenters. The van der Waals surface area contributed by atoms with Crippen LogP contribution in [-0.2, 0) is 11.3 Å². The number of benzene rings is 2. The Morgan fingerprint density at radius 2 is 2.09 bits per heavy atom. The Morgan fingerprint density at radius 3 is 2.82 bits per heavy atom. The summed E-state index contributed by atoms with van der Waals surface area (Å²) in [4.78, 5) is 3.42. The maximum absolute atomic E-state index is 9.71. The van der Waals surface area contributed by atoms with Crippen molar-refractivity contribution in [1.82, 2.24) is 0 Å². The molecule has 1 N–H and O–H groups in total. The van der Waals surface area contributed by atoms with Gasteiger partial charge in [0.1, 0.15) is 11.5 Å². The summed E-state index contributed by atoms with van der Waals surface area (Å²) in [5, 5.41) is 10.1. The highest BCUT2D eigenvalue weighted by Gasteiger charge is 2.29. The first-order valence-electron chi connectivity index (χ1n) is 6.78. The van der Waals surface area contributed by atoms with E-state index in [9.17, 15) is 5.02 Å². The quantitative estimate of drug-likeness (QED) is 0.681. The van der Waals surface area contributed by atoms with Gasteiger partial charge in [-0.1, -0.05) is 17.7 Å². The van der Waals surface area contributed by atoms with Crippen molar-refractivity contribution in [3.63, 3.8) is 0 Å². The van der Waals surface area contributed by atoms with Crippen molar-refractivity contribution in [2.75, 3.05) is 0 Å². The van der Waals surface area contributed by atoms with E-state index in [1.807, 2.05) is 13.8 Å². The van der Waals surface area contributed by atoms with Gasteiger partial charge in [-0.2, -0.15) is 0 Å². The molecule has 0 saturated heterocycles. The fourth-order valence-corrected chi connectivity index (χ4v) is 2.70. The Hall–Kier alpha value is -2.00. The molecule has 0 aliphatic carbocycles. The maximum atomic E-state index is 9.71. The summed E-state index contributed by atoms with van der Waals surface area (Å²) in [5.74, 6) is 1.17. The van der Waals surface area contributed by atoms with Crippen molar-refractivity contribution in [3.05, 3.63) is 57.4 Å². The van der Waals surface area contributed by atoms with Gasteiger partial charge in [-0.05, 0) is 54.2 Å². The number of hydrogen-bond donors (Lipinski definition) is 1. The molecule has 1 aliphatic rings. The third kappa shape index (κ3) is 2.46. The van der Waals surface area contributed by atoms with Gasteiger partial charge in [0, 0.05) is 0 Å². The molecule has 0 atom stereocenters. The molecule has 0 radical (unpaired) electrons. The molecule has 0 saturated carbocycles. The zero-order valence-corrected chi connectivity index (χ0v) is 12.9. The van der Waals surface area contributed by atoms with E-state index in [1.54, 1.807) is 24.3 Å². The SMILES string of the molecule is [C-]#[N+]c1cc(Cl)c(Oc2ccc3c(c2C)COB3O)cc1C. The van der Waals surface area contributed by atoms with Gasteiger partial charge in [0.05, 0.1) is 18.2 Å². The first kappa shape index (κ1) is 14.9. The predicted molar refractivity (Wildman–Crippen MR) is 86.1 cm³/mol. The second kappa shape index (κ2) is 5.66. The van der Waals surface area contributed by atoms with Crippen LogP contribution in [0.3, 0.4) is 0 Å². The van der Waals surface area contributed by atoms with E-state index in [2.05, 4.69) is 4.85 Å². The van der Waals surface area contributed by atoms with Crippen LogP contribution in [0.4, 0.5) is 5.69 Å². The summed E-state index contributed by atoms with van der Waals surface area (Å²) in [6.07, 6.45) is 0. The van der Waals surface area contributed by atoms with Gasteiger partial charge in [0.15, 0.2) is 5.69 Å². The van der Waals surface area contributed by atoms with Crippen molar-refractivity contribution in [2.45, 2.75) is 20.5 Å². The zero-order valence-electron chi connectivity index (χ0n) is 12.2. The summed E-state index contributed by atoms with van der Waals surface area (Å²) >= 11 is 6.19. The Labute approximate surface area is 134 Å². The van der Waals surface area contributed by atoms with Crippen LogP contribution in [0.2, 0.25) is 5.02 Å². The molecule has 6 heteroatoms. The largest absolute Gasteiger partial charge is 0.491 e. The molecule has 110 valence electrons. The second-order valence-electron chi connectivity index (χ2n) is 5.20. The lowest BCUT2D eigenvalue weighted by Crippen LogP contribution is -2.28. The Bertz CT molecular complexity index is 801. The maximum Gasteiger partial charge on any atom is 0.491 e. The molecule has 2 aromatic carbocycles. The summed E-state index contributed by atoms with van der Waals surface area (Å²) in [6.45, 7) is 11.2. The van der Waals surface area contributed by atoms with E-state index in [4.69, 9.17) is 27.6 Å². The molecule has 1 heterocycles. The van der Waals surface area contributed by atoms with Crippen LogP contribution in [0.5, 0.6) is 11.5 Å². The van der Waals surface area contributed by atoms with Crippen molar-refractivity contribution in [1.29, 1.82) is 0 Å². The molecule has 4 nitrogen and oxygen atoms in total. The fourth-order valence-electron chi connectivity index (χ4n) is 2.50. The Balaban J connectivity index is 1.98. The van der Waals surface area contributed by atoms with Gasteiger partial charge in [0.25, 0.3) is 0 Å². The number of halogens is 1. The molecule has 3 rings (SSSR count). The van der Waals surface area contributed by atoms with Gasteiger partial charge in [0.2, 0.25) is 0 Å². The number of rotatable bonds is 2. The summed E-state index contributed by atoms with van der Waals surface area (Å²) < 4.78 is 11.1. The van der Waals surface area contributed by atoms with Gasteiger partial charge in [-0.3, -0.25) is 0 Å². The van der Waals surface area contributed by atoms with Crippen molar-refractivity contribution in [3.8, 4) is 11.5 Å². The lowest BCUT2D eigenvalue weighted by Gasteiger charge is -2.14. The minimum Gasteiger partial charge on any atom is -0.456 e. The van der Waals surface area contributed by atoms with Crippen LogP contribution < -0.4 is 10.2 Å². The Morgan fingerprint density at radius 1 is 1.32 bits per heavy atom. The molecular formula is C16H13BClNO3. The van der Waals surface area contributed by atoms with E-state index < -0.39 is 7.12 Å². The minimum atomic E-state index is -0.869. The van der Waals surface area contributed by atoms with E-state index in [0.29, 0.717) is 28.8 Å². The Kier molecular flexibility index (Phi) is 3.84. The summed E-state index contributed by atoms with van der Waals surface area (Å²) in [5.41, 5.74) is 3.95. The van der Waals surface area contributed by atoms with Gasteiger partial charge >= 0.3 is 7.12 Å². The molecule has 0 bridgehead atoms. The fraction of sp³-hybridized carbons (Fsp3) is 0.188. The highest BCUT2D eigenvalue weighted by Crippen LogP contribution is 2.37.